The molecule has 0 aromatic carbocycles. The zero-order valence-corrected chi connectivity index (χ0v) is 21.2. The molecule has 184 valence electrons. The summed E-state index contributed by atoms with van der Waals surface area (Å²) in [4.78, 5) is 11.2. The largest absolute Gasteiger partial charge is 0.502 e. The van der Waals surface area contributed by atoms with E-state index in [0.717, 1.165) is 37.2 Å². The van der Waals surface area contributed by atoms with Gasteiger partial charge in [0, 0.05) is 0 Å². The predicted octanol–water partition coefficient (Wildman–Crippen LogP) is 7.20. The SMILES string of the molecule is CCCCCCCCCCCCCCCCc1nc(CN(C)C)nc(OC2CCC2)c1O. The first kappa shape index (κ1) is 26.9. The minimum Gasteiger partial charge on any atom is -0.502 e. The third-order valence-corrected chi connectivity index (χ3v) is 6.53. The van der Waals surface area contributed by atoms with Crippen molar-refractivity contribution >= 4 is 0 Å². The maximum absolute atomic E-state index is 10.7. The average molecular weight is 448 g/mol. The Balaban J connectivity index is 1.60. The van der Waals surface area contributed by atoms with Crippen molar-refractivity contribution in [2.24, 2.45) is 0 Å². The lowest BCUT2D eigenvalue weighted by molar-refractivity contribution is 0.109. The minimum absolute atomic E-state index is 0.161. The van der Waals surface area contributed by atoms with Gasteiger partial charge < -0.3 is 14.7 Å². The molecule has 5 heteroatoms. The molecule has 32 heavy (non-hydrogen) atoms. The smallest absolute Gasteiger partial charge is 0.260 e. The normalized spacial score (nSPS) is 14.1. The van der Waals surface area contributed by atoms with Crippen LogP contribution in [0.4, 0.5) is 0 Å². The van der Waals surface area contributed by atoms with Crippen LogP contribution in [-0.2, 0) is 13.0 Å². The van der Waals surface area contributed by atoms with Crippen molar-refractivity contribution in [3.05, 3.63) is 11.5 Å². The second kappa shape index (κ2) is 16.3. The third-order valence-electron chi connectivity index (χ3n) is 6.53. The second-order valence-electron chi connectivity index (χ2n) is 10.00. The van der Waals surface area contributed by atoms with Gasteiger partial charge in [-0.1, -0.05) is 90.4 Å². The predicted molar refractivity (Wildman–Crippen MR) is 133 cm³/mol. The summed E-state index contributed by atoms with van der Waals surface area (Å²) in [6, 6.07) is 0. The van der Waals surface area contributed by atoms with Crippen LogP contribution in [0, 0.1) is 0 Å². The van der Waals surface area contributed by atoms with Crippen LogP contribution in [0.3, 0.4) is 0 Å². The molecule has 0 bridgehead atoms. The lowest BCUT2D eigenvalue weighted by Crippen LogP contribution is -2.25. The molecule has 1 heterocycles. The van der Waals surface area contributed by atoms with Gasteiger partial charge in [0.15, 0.2) is 0 Å². The first-order chi connectivity index (χ1) is 15.6. The molecule has 2 rings (SSSR count). The molecule has 0 aliphatic heterocycles. The van der Waals surface area contributed by atoms with Crippen LogP contribution in [0.15, 0.2) is 0 Å². The van der Waals surface area contributed by atoms with Crippen LogP contribution in [0.5, 0.6) is 11.6 Å². The van der Waals surface area contributed by atoms with Gasteiger partial charge in [0.1, 0.15) is 11.9 Å². The monoisotopic (exact) mass is 447 g/mol. The molecule has 1 aliphatic rings. The van der Waals surface area contributed by atoms with Crippen molar-refractivity contribution in [3.63, 3.8) is 0 Å². The number of aromatic hydroxyl groups is 1. The molecule has 0 unspecified atom stereocenters. The molecule has 1 aromatic heterocycles. The average Bonchev–Trinajstić information content (AvgIpc) is 2.73. The quantitative estimate of drug-likeness (QED) is 0.227. The number of ether oxygens (including phenoxy) is 1. The molecule has 0 amide bonds. The van der Waals surface area contributed by atoms with Crippen LogP contribution in [0.1, 0.15) is 128 Å². The maximum atomic E-state index is 10.7. The first-order valence-electron chi connectivity index (χ1n) is 13.5. The summed E-state index contributed by atoms with van der Waals surface area (Å²) in [6.07, 6.45) is 23.2. The molecule has 1 fully saturated rings. The van der Waals surface area contributed by atoms with Gasteiger partial charge in [-0.3, -0.25) is 0 Å². The summed E-state index contributed by atoms with van der Waals surface area (Å²) in [7, 11) is 4.02. The molecule has 1 aliphatic carbocycles. The van der Waals surface area contributed by atoms with E-state index in [1.54, 1.807) is 0 Å². The lowest BCUT2D eigenvalue weighted by atomic mass is 9.96. The van der Waals surface area contributed by atoms with Gasteiger partial charge in [0.25, 0.3) is 5.88 Å². The maximum Gasteiger partial charge on any atom is 0.260 e. The van der Waals surface area contributed by atoms with E-state index in [2.05, 4.69) is 21.8 Å². The van der Waals surface area contributed by atoms with Crippen molar-refractivity contribution in [2.45, 2.75) is 135 Å². The molecule has 0 spiro atoms. The van der Waals surface area contributed by atoms with Crippen molar-refractivity contribution < 1.29 is 9.84 Å². The topological polar surface area (TPSA) is 58.5 Å². The van der Waals surface area contributed by atoms with E-state index in [4.69, 9.17) is 4.74 Å². The molecule has 0 atom stereocenters. The molecule has 5 nitrogen and oxygen atoms in total. The number of aryl methyl sites for hydroxylation is 1. The fraction of sp³-hybridized carbons (Fsp3) is 0.852. The van der Waals surface area contributed by atoms with Gasteiger partial charge in [0.05, 0.1) is 12.2 Å². The van der Waals surface area contributed by atoms with E-state index in [-0.39, 0.29) is 11.9 Å². The highest BCUT2D eigenvalue weighted by Gasteiger charge is 2.23. The molecule has 0 radical (unpaired) electrons. The lowest BCUT2D eigenvalue weighted by Gasteiger charge is -2.26. The Kier molecular flexibility index (Phi) is 13.7. The Morgan fingerprint density at radius 2 is 1.34 bits per heavy atom. The van der Waals surface area contributed by atoms with Crippen molar-refractivity contribution in [3.8, 4) is 11.6 Å². The Morgan fingerprint density at radius 1 is 0.812 bits per heavy atom. The Labute approximate surface area is 197 Å². The summed E-state index contributed by atoms with van der Waals surface area (Å²) < 4.78 is 5.95. The molecule has 1 saturated carbocycles. The van der Waals surface area contributed by atoms with Gasteiger partial charge in [-0.15, -0.1) is 0 Å². The van der Waals surface area contributed by atoms with E-state index < -0.39 is 0 Å². The molecule has 0 saturated heterocycles. The minimum atomic E-state index is 0.161. The number of rotatable bonds is 19. The van der Waals surface area contributed by atoms with Gasteiger partial charge in [-0.25, -0.2) is 4.98 Å². The van der Waals surface area contributed by atoms with E-state index in [9.17, 15) is 5.11 Å². The van der Waals surface area contributed by atoms with E-state index >= 15 is 0 Å². The standard InChI is InChI=1S/C27H49N3O2/c1-4-5-6-7-8-9-10-11-12-13-14-15-16-17-21-24-26(31)27(32-23-19-18-20-23)29-25(28-24)22-30(2)3/h23,31H,4-22H2,1-3H3. The highest BCUT2D eigenvalue weighted by Crippen LogP contribution is 2.32. The van der Waals surface area contributed by atoms with E-state index in [0.29, 0.717) is 12.4 Å². The van der Waals surface area contributed by atoms with Crippen LogP contribution in [0.2, 0.25) is 0 Å². The zero-order valence-electron chi connectivity index (χ0n) is 21.2. The van der Waals surface area contributed by atoms with Crippen molar-refractivity contribution in [2.75, 3.05) is 14.1 Å². The summed E-state index contributed by atoms with van der Waals surface area (Å²) >= 11 is 0. The fourth-order valence-corrected chi connectivity index (χ4v) is 4.27. The van der Waals surface area contributed by atoms with Crippen molar-refractivity contribution in [1.82, 2.24) is 14.9 Å². The van der Waals surface area contributed by atoms with Gasteiger partial charge in [-0.2, -0.15) is 4.98 Å². The zero-order chi connectivity index (χ0) is 23.0. The first-order valence-corrected chi connectivity index (χ1v) is 13.5. The molecular formula is C27H49N3O2. The van der Waals surface area contributed by atoms with E-state index in [1.807, 2.05) is 14.1 Å². The second-order valence-corrected chi connectivity index (χ2v) is 10.00. The Bertz CT molecular complexity index is 617. The highest BCUT2D eigenvalue weighted by atomic mass is 16.5. The summed E-state index contributed by atoms with van der Waals surface area (Å²) in [6.45, 7) is 2.94. The van der Waals surface area contributed by atoms with Crippen LogP contribution in [-0.4, -0.2) is 40.2 Å². The molecule has 1 aromatic rings. The fourth-order valence-electron chi connectivity index (χ4n) is 4.27. The number of unbranched alkanes of at least 4 members (excludes halogenated alkanes) is 13. The number of hydrogen-bond donors (Lipinski definition) is 1. The Hall–Kier alpha value is -1.36. The number of nitrogens with zero attached hydrogens (tertiary/aromatic N) is 3. The van der Waals surface area contributed by atoms with Crippen LogP contribution >= 0.6 is 0 Å². The Morgan fingerprint density at radius 3 is 1.81 bits per heavy atom. The summed E-state index contributed by atoms with van der Waals surface area (Å²) in [5.74, 6) is 1.29. The van der Waals surface area contributed by atoms with Crippen molar-refractivity contribution in [1.29, 1.82) is 0 Å². The molecule has 1 N–H and O–H groups in total. The van der Waals surface area contributed by atoms with Crippen LogP contribution < -0.4 is 4.74 Å². The molecular weight excluding hydrogens is 398 g/mol. The number of aromatic nitrogens is 2. The highest BCUT2D eigenvalue weighted by molar-refractivity contribution is 5.37. The van der Waals surface area contributed by atoms with Gasteiger partial charge in [0.2, 0.25) is 5.75 Å². The van der Waals surface area contributed by atoms with Gasteiger partial charge >= 0.3 is 0 Å². The van der Waals surface area contributed by atoms with Gasteiger partial charge in [-0.05, 0) is 46.2 Å². The summed E-state index contributed by atoms with van der Waals surface area (Å²) in [5, 5.41) is 10.7. The third kappa shape index (κ3) is 11.0. The number of hydrogen-bond acceptors (Lipinski definition) is 5. The van der Waals surface area contributed by atoms with E-state index in [1.165, 1.54) is 89.9 Å². The van der Waals surface area contributed by atoms with Crippen LogP contribution in [0.25, 0.3) is 0 Å². The summed E-state index contributed by atoms with van der Waals surface area (Å²) in [5.41, 5.74) is 0.755.